The van der Waals surface area contributed by atoms with E-state index in [1.54, 1.807) is 0 Å². The molecule has 0 N–H and O–H groups in total. The van der Waals surface area contributed by atoms with Crippen LogP contribution in [0.2, 0.25) is 0 Å². The van der Waals surface area contributed by atoms with Crippen LogP contribution in [0.25, 0.3) is 0 Å². The molecule has 2 rings (SSSR count). The minimum absolute atomic E-state index is 0.127. The van der Waals surface area contributed by atoms with Gasteiger partial charge in [0, 0.05) is 12.8 Å². The van der Waals surface area contributed by atoms with Gasteiger partial charge in [-0.1, -0.05) is 0 Å². The van der Waals surface area contributed by atoms with E-state index in [2.05, 4.69) is 0 Å². The summed E-state index contributed by atoms with van der Waals surface area (Å²) in [6, 6.07) is 0. The van der Waals surface area contributed by atoms with Crippen molar-refractivity contribution in [1.82, 2.24) is 0 Å². The largest absolute Gasteiger partial charge is 0.350 e. The average molecular weight is 142 g/mol. The van der Waals surface area contributed by atoms with Crippen LogP contribution in [-0.2, 0) is 9.47 Å². The van der Waals surface area contributed by atoms with E-state index >= 15 is 0 Å². The van der Waals surface area contributed by atoms with Gasteiger partial charge in [-0.3, -0.25) is 0 Å². The first-order valence-corrected chi connectivity index (χ1v) is 4.19. The quantitative estimate of drug-likeness (QED) is 0.512. The molecule has 1 spiro atoms. The Bertz CT molecular complexity index is 108. The highest BCUT2D eigenvalue weighted by atomic mass is 16.7. The van der Waals surface area contributed by atoms with E-state index in [1.807, 2.05) is 0 Å². The average Bonchev–Trinajstić information content (AvgIpc) is 2.39. The minimum atomic E-state index is -0.127. The van der Waals surface area contributed by atoms with Crippen molar-refractivity contribution in [3.05, 3.63) is 0 Å². The lowest BCUT2D eigenvalue weighted by molar-refractivity contribution is -0.261. The first-order valence-electron chi connectivity index (χ1n) is 4.19. The fourth-order valence-electron chi connectivity index (χ4n) is 1.82. The van der Waals surface area contributed by atoms with E-state index in [4.69, 9.17) is 9.47 Å². The highest BCUT2D eigenvalue weighted by Gasteiger charge is 2.37. The van der Waals surface area contributed by atoms with Gasteiger partial charge in [0.1, 0.15) is 0 Å². The molecule has 0 bridgehead atoms. The third kappa shape index (κ3) is 1.06. The summed E-state index contributed by atoms with van der Waals surface area (Å²) < 4.78 is 11.2. The first-order chi connectivity index (χ1) is 4.91. The Labute approximate surface area is 61.5 Å². The van der Waals surface area contributed by atoms with Crippen LogP contribution < -0.4 is 0 Å². The second kappa shape index (κ2) is 2.51. The van der Waals surface area contributed by atoms with Crippen LogP contribution >= 0.6 is 0 Å². The van der Waals surface area contributed by atoms with Crippen molar-refractivity contribution in [3.63, 3.8) is 0 Å². The van der Waals surface area contributed by atoms with Crippen LogP contribution in [0.3, 0.4) is 0 Å². The molecule has 1 aliphatic carbocycles. The third-order valence-corrected chi connectivity index (χ3v) is 2.38. The lowest BCUT2D eigenvalue weighted by Crippen LogP contribution is -2.37. The van der Waals surface area contributed by atoms with Crippen molar-refractivity contribution in [2.75, 3.05) is 13.2 Å². The molecule has 1 aliphatic heterocycles. The molecule has 1 saturated carbocycles. The van der Waals surface area contributed by atoms with Crippen LogP contribution in [0, 0.1) is 0 Å². The summed E-state index contributed by atoms with van der Waals surface area (Å²) in [6.45, 7) is 1.81. The maximum atomic E-state index is 5.60. The maximum Gasteiger partial charge on any atom is 0.168 e. The van der Waals surface area contributed by atoms with Gasteiger partial charge in [-0.2, -0.15) is 0 Å². The second-order valence-electron chi connectivity index (χ2n) is 3.17. The second-order valence-corrected chi connectivity index (χ2v) is 3.17. The van der Waals surface area contributed by atoms with Crippen molar-refractivity contribution in [2.45, 2.75) is 37.9 Å². The van der Waals surface area contributed by atoms with Gasteiger partial charge in [0.05, 0.1) is 13.2 Å². The molecule has 0 aromatic rings. The fraction of sp³-hybridized carbons (Fsp3) is 1.00. The molecule has 2 nitrogen and oxygen atoms in total. The van der Waals surface area contributed by atoms with Gasteiger partial charge in [-0.15, -0.1) is 0 Å². The van der Waals surface area contributed by atoms with Crippen LogP contribution in [0.5, 0.6) is 0 Å². The Balaban J connectivity index is 1.98. The highest BCUT2D eigenvalue weighted by molar-refractivity contribution is 4.78. The third-order valence-electron chi connectivity index (χ3n) is 2.38. The zero-order valence-electron chi connectivity index (χ0n) is 6.27. The zero-order valence-corrected chi connectivity index (χ0v) is 6.27. The molecule has 10 heavy (non-hydrogen) atoms. The molecule has 1 heterocycles. The number of hydrogen-bond donors (Lipinski definition) is 0. The minimum Gasteiger partial charge on any atom is -0.350 e. The predicted octanol–water partition coefficient (Wildman–Crippen LogP) is 1.69. The molecular weight excluding hydrogens is 128 g/mol. The summed E-state index contributed by atoms with van der Waals surface area (Å²) in [5.74, 6) is -0.127. The summed E-state index contributed by atoms with van der Waals surface area (Å²) in [5.41, 5.74) is 0. The molecule has 0 amide bonds. The molecular formula is C8H14O2. The van der Waals surface area contributed by atoms with E-state index in [9.17, 15) is 0 Å². The summed E-state index contributed by atoms with van der Waals surface area (Å²) in [7, 11) is 0. The smallest absolute Gasteiger partial charge is 0.168 e. The van der Waals surface area contributed by atoms with Gasteiger partial charge >= 0.3 is 0 Å². The van der Waals surface area contributed by atoms with Gasteiger partial charge < -0.3 is 9.47 Å². The molecule has 2 heteroatoms. The molecule has 2 fully saturated rings. The van der Waals surface area contributed by atoms with Crippen LogP contribution in [-0.4, -0.2) is 19.0 Å². The monoisotopic (exact) mass is 142 g/mol. The molecule has 0 aromatic heterocycles. The lowest BCUT2D eigenvalue weighted by atomic mass is 10.2. The van der Waals surface area contributed by atoms with Crippen molar-refractivity contribution in [3.8, 4) is 0 Å². The first kappa shape index (κ1) is 6.62. The summed E-state index contributed by atoms with van der Waals surface area (Å²) in [4.78, 5) is 0. The van der Waals surface area contributed by atoms with Crippen molar-refractivity contribution in [1.29, 1.82) is 0 Å². The van der Waals surface area contributed by atoms with Gasteiger partial charge in [0.15, 0.2) is 5.79 Å². The van der Waals surface area contributed by atoms with E-state index in [0.717, 1.165) is 32.5 Å². The molecule has 0 aromatic carbocycles. The molecule has 1 saturated heterocycles. The maximum absolute atomic E-state index is 5.60. The zero-order chi connectivity index (χ0) is 6.86. The van der Waals surface area contributed by atoms with Crippen molar-refractivity contribution >= 4 is 0 Å². The molecule has 0 radical (unpaired) electrons. The van der Waals surface area contributed by atoms with Crippen LogP contribution in [0.15, 0.2) is 0 Å². The number of rotatable bonds is 0. The predicted molar refractivity (Wildman–Crippen MR) is 37.7 cm³/mol. The van der Waals surface area contributed by atoms with Gasteiger partial charge in [0.2, 0.25) is 0 Å². The highest BCUT2D eigenvalue weighted by Crippen LogP contribution is 2.36. The van der Waals surface area contributed by atoms with Gasteiger partial charge in [-0.25, -0.2) is 0 Å². The molecule has 0 unspecified atom stereocenters. The van der Waals surface area contributed by atoms with Gasteiger partial charge in [-0.05, 0) is 19.3 Å². The fourth-order valence-corrected chi connectivity index (χ4v) is 1.82. The van der Waals surface area contributed by atoms with E-state index in [0.29, 0.717) is 0 Å². The lowest BCUT2D eigenvalue weighted by Gasteiger charge is -2.33. The SMILES string of the molecule is C1COC2(CCCC2)OC1. The van der Waals surface area contributed by atoms with E-state index in [-0.39, 0.29) is 5.79 Å². The van der Waals surface area contributed by atoms with E-state index < -0.39 is 0 Å². The summed E-state index contributed by atoms with van der Waals surface area (Å²) >= 11 is 0. The van der Waals surface area contributed by atoms with E-state index in [1.165, 1.54) is 12.8 Å². The molecule has 58 valence electrons. The Morgan fingerprint density at radius 2 is 1.40 bits per heavy atom. The Kier molecular flexibility index (Phi) is 1.66. The summed E-state index contributed by atoms with van der Waals surface area (Å²) in [6.07, 6.45) is 5.86. The van der Waals surface area contributed by atoms with Gasteiger partial charge in [0.25, 0.3) is 0 Å². The van der Waals surface area contributed by atoms with Crippen molar-refractivity contribution < 1.29 is 9.47 Å². The van der Waals surface area contributed by atoms with Crippen LogP contribution in [0.1, 0.15) is 32.1 Å². The normalized spacial score (nSPS) is 31.2. The van der Waals surface area contributed by atoms with Crippen molar-refractivity contribution in [2.24, 2.45) is 0 Å². The number of hydrogen-bond acceptors (Lipinski definition) is 2. The number of ether oxygens (including phenoxy) is 2. The standard InChI is InChI=1S/C8H14O2/c1-2-5-8(4-1)9-6-3-7-10-8/h1-7H2. The Hall–Kier alpha value is -0.0800. The molecule has 2 aliphatic rings. The van der Waals surface area contributed by atoms with Crippen LogP contribution in [0.4, 0.5) is 0 Å². The summed E-state index contributed by atoms with van der Waals surface area (Å²) in [5, 5.41) is 0. The Morgan fingerprint density at radius 3 is 2.00 bits per heavy atom. The Morgan fingerprint density at radius 1 is 0.800 bits per heavy atom. The molecule has 0 atom stereocenters. The topological polar surface area (TPSA) is 18.5 Å².